The zero-order valence-electron chi connectivity index (χ0n) is 5.46. The number of rotatable bonds is 3. The molecule has 0 aliphatic carbocycles. The molecule has 1 atom stereocenters. The maximum atomic E-state index is 10.4. The summed E-state index contributed by atoms with van der Waals surface area (Å²) in [5.41, 5.74) is 0. The third kappa shape index (κ3) is 3.53. The molecule has 0 bridgehead atoms. The molecule has 0 amide bonds. The maximum absolute atomic E-state index is 10.4. The van der Waals surface area contributed by atoms with Crippen LogP contribution < -0.4 is 0 Å². The molecule has 0 radical (unpaired) electrons. The van der Waals surface area contributed by atoms with Gasteiger partial charge >= 0.3 is 5.97 Å². The van der Waals surface area contributed by atoms with Crippen LogP contribution in [0.5, 0.6) is 0 Å². The Bertz CT molecular complexity index is 127. The molecule has 0 aromatic heterocycles. The Balaban J connectivity index is 3.58. The van der Waals surface area contributed by atoms with Gasteiger partial charge in [0.25, 0.3) is 0 Å². The van der Waals surface area contributed by atoms with Gasteiger partial charge in [-0.2, -0.15) is 0 Å². The lowest BCUT2D eigenvalue weighted by atomic mass is 10.4. The predicted molar refractivity (Wildman–Crippen MR) is 35.9 cm³/mol. The Labute approximate surface area is 54.8 Å². The summed E-state index contributed by atoms with van der Waals surface area (Å²) in [6.07, 6.45) is 2.44. The van der Waals surface area contributed by atoms with E-state index in [2.05, 4.69) is 17.9 Å². The van der Waals surface area contributed by atoms with E-state index in [1.807, 2.05) is 0 Å². The maximum Gasteiger partial charge on any atom is 0.330 e. The second-order valence-electron chi connectivity index (χ2n) is 1.58. The highest BCUT2D eigenvalue weighted by Crippen LogP contribution is 1.91. The second kappa shape index (κ2) is 3.89. The number of carbonyl (C=O) groups is 1. The van der Waals surface area contributed by atoms with E-state index in [4.69, 9.17) is 0 Å². The van der Waals surface area contributed by atoms with Gasteiger partial charge < -0.3 is 4.74 Å². The standard InChI is InChI=1S/C7H10O2/c1-4-6(3)9-7(8)5-2/h4-6H,1-2H2,3H3. The molecule has 2 nitrogen and oxygen atoms in total. The van der Waals surface area contributed by atoms with Crippen molar-refractivity contribution in [3.8, 4) is 0 Å². The number of hydrogen-bond donors (Lipinski definition) is 0. The Morgan fingerprint density at radius 1 is 1.67 bits per heavy atom. The first-order valence-electron chi connectivity index (χ1n) is 2.66. The summed E-state index contributed by atoms with van der Waals surface area (Å²) in [6, 6.07) is 0. The van der Waals surface area contributed by atoms with Gasteiger partial charge in [0.15, 0.2) is 0 Å². The second-order valence-corrected chi connectivity index (χ2v) is 1.58. The van der Waals surface area contributed by atoms with Gasteiger partial charge in [0, 0.05) is 6.08 Å². The minimum atomic E-state index is -0.414. The molecular weight excluding hydrogens is 116 g/mol. The lowest BCUT2D eigenvalue weighted by Gasteiger charge is -2.04. The minimum absolute atomic E-state index is 0.226. The first kappa shape index (κ1) is 7.95. The van der Waals surface area contributed by atoms with Gasteiger partial charge in [-0.3, -0.25) is 0 Å². The highest BCUT2D eigenvalue weighted by Gasteiger charge is 1.98. The molecule has 0 fully saturated rings. The molecule has 9 heavy (non-hydrogen) atoms. The van der Waals surface area contributed by atoms with Crippen LogP contribution in [0.3, 0.4) is 0 Å². The van der Waals surface area contributed by atoms with E-state index in [9.17, 15) is 4.79 Å². The Morgan fingerprint density at radius 3 is 2.56 bits per heavy atom. The summed E-state index contributed by atoms with van der Waals surface area (Å²) in [6.45, 7) is 8.41. The SMILES string of the molecule is C=CC(=O)OC(C)C=C. The summed E-state index contributed by atoms with van der Waals surface area (Å²) in [5.74, 6) is -0.414. The van der Waals surface area contributed by atoms with E-state index < -0.39 is 5.97 Å². The van der Waals surface area contributed by atoms with E-state index in [-0.39, 0.29) is 6.10 Å². The molecule has 50 valence electrons. The van der Waals surface area contributed by atoms with Crippen molar-refractivity contribution >= 4 is 5.97 Å². The van der Waals surface area contributed by atoms with Crippen LogP contribution >= 0.6 is 0 Å². The van der Waals surface area contributed by atoms with Crippen LogP contribution in [0.25, 0.3) is 0 Å². The Kier molecular flexibility index (Phi) is 3.44. The van der Waals surface area contributed by atoms with Gasteiger partial charge in [0.1, 0.15) is 6.10 Å². The van der Waals surface area contributed by atoms with Crippen LogP contribution in [0.1, 0.15) is 6.92 Å². The average Bonchev–Trinajstić information content (AvgIpc) is 1.87. The van der Waals surface area contributed by atoms with Gasteiger partial charge in [-0.25, -0.2) is 4.79 Å². The highest BCUT2D eigenvalue weighted by atomic mass is 16.5. The van der Waals surface area contributed by atoms with E-state index in [1.54, 1.807) is 13.0 Å². The van der Waals surface area contributed by atoms with Gasteiger partial charge in [-0.1, -0.05) is 19.2 Å². The fraction of sp³-hybridized carbons (Fsp3) is 0.286. The van der Waals surface area contributed by atoms with Crippen molar-refractivity contribution in [2.75, 3.05) is 0 Å². The first-order chi connectivity index (χ1) is 4.20. The van der Waals surface area contributed by atoms with Crippen molar-refractivity contribution in [2.24, 2.45) is 0 Å². The molecule has 0 N–H and O–H groups in total. The van der Waals surface area contributed by atoms with E-state index in [1.165, 1.54) is 0 Å². The molecule has 0 heterocycles. The van der Waals surface area contributed by atoms with Crippen LogP contribution in [0.2, 0.25) is 0 Å². The minimum Gasteiger partial charge on any atom is -0.455 e. The van der Waals surface area contributed by atoms with Gasteiger partial charge in [-0.15, -0.1) is 0 Å². The predicted octanol–water partition coefficient (Wildman–Crippen LogP) is 1.29. The summed E-state index contributed by atoms with van der Waals surface area (Å²) in [4.78, 5) is 10.4. The van der Waals surface area contributed by atoms with E-state index in [0.717, 1.165) is 6.08 Å². The lowest BCUT2D eigenvalue weighted by Crippen LogP contribution is -2.08. The largest absolute Gasteiger partial charge is 0.455 e. The zero-order chi connectivity index (χ0) is 7.28. The van der Waals surface area contributed by atoms with Crippen LogP contribution in [0.4, 0.5) is 0 Å². The normalized spacial score (nSPS) is 11.7. The van der Waals surface area contributed by atoms with Crippen molar-refractivity contribution in [3.63, 3.8) is 0 Å². The first-order valence-corrected chi connectivity index (χ1v) is 2.66. The van der Waals surface area contributed by atoms with Crippen LogP contribution in [0, 0.1) is 0 Å². The molecule has 0 aromatic carbocycles. The van der Waals surface area contributed by atoms with Crippen molar-refractivity contribution < 1.29 is 9.53 Å². The summed E-state index contributed by atoms with van der Waals surface area (Å²) < 4.78 is 4.67. The number of carbonyl (C=O) groups excluding carboxylic acids is 1. The molecule has 0 aromatic rings. The molecule has 0 spiro atoms. The Morgan fingerprint density at radius 2 is 2.22 bits per heavy atom. The van der Waals surface area contributed by atoms with Gasteiger partial charge in [-0.05, 0) is 6.92 Å². The van der Waals surface area contributed by atoms with Crippen molar-refractivity contribution in [2.45, 2.75) is 13.0 Å². The fourth-order valence-corrected chi connectivity index (χ4v) is 0.279. The highest BCUT2D eigenvalue weighted by molar-refractivity contribution is 5.81. The van der Waals surface area contributed by atoms with Gasteiger partial charge in [0.05, 0.1) is 0 Å². The molecule has 2 heteroatoms. The van der Waals surface area contributed by atoms with Crippen molar-refractivity contribution in [1.29, 1.82) is 0 Å². The molecule has 0 rings (SSSR count). The van der Waals surface area contributed by atoms with E-state index in [0.29, 0.717) is 0 Å². The summed E-state index contributed by atoms with van der Waals surface area (Å²) >= 11 is 0. The molecule has 0 saturated carbocycles. The molecule has 0 aliphatic heterocycles. The van der Waals surface area contributed by atoms with Crippen LogP contribution in [-0.2, 0) is 9.53 Å². The molecule has 0 saturated heterocycles. The van der Waals surface area contributed by atoms with E-state index >= 15 is 0 Å². The summed E-state index contributed by atoms with van der Waals surface area (Å²) in [7, 11) is 0. The van der Waals surface area contributed by atoms with Crippen LogP contribution in [-0.4, -0.2) is 12.1 Å². The average molecular weight is 126 g/mol. The summed E-state index contributed by atoms with van der Waals surface area (Å²) in [5, 5.41) is 0. The fourth-order valence-electron chi connectivity index (χ4n) is 0.279. The van der Waals surface area contributed by atoms with Crippen LogP contribution in [0.15, 0.2) is 25.3 Å². The molecular formula is C7H10O2. The van der Waals surface area contributed by atoms with Crippen molar-refractivity contribution in [3.05, 3.63) is 25.3 Å². The van der Waals surface area contributed by atoms with Gasteiger partial charge in [0.2, 0.25) is 0 Å². The number of hydrogen-bond acceptors (Lipinski definition) is 2. The number of ether oxygens (including phenoxy) is 1. The third-order valence-corrected chi connectivity index (χ3v) is 0.801. The Hall–Kier alpha value is -1.05. The molecule has 1 unspecified atom stereocenters. The third-order valence-electron chi connectivity index (χ3n) is 0.801. The lowest BCUT2D eigenvalue weighted by molar-refractivity contribution is -0.140. The topological polar surface area (TPSA) is 26.3 Å². The van der Waals surface area contributed by atoms with Crippen molar-refractivity contribution in [1.82, 2.24) is 0 Å². The smallest absolute Gasteiger partial charge is 0.330 e. The molecule has 0 aliphatic rings. The quantitative estimate of drug-likeness (QED) is 0.323. The monoisotopic (exact) mass is 126 g/mol. The zero-order valence-corrected chi connectivity index (χ0v) is 5.46. The number of esters is 1.